The maximum atomic E-state index is 11.2. The second-order valence-corrected chi connectivity index (χ2v) is 3.00. The van der Waals surface area contributed by atoms with Gasteiger partial charge in [0, 0.05) is 13.0 Å². The number of carbonyl (C=O) groups is 1. The monoisotopic (exact) mass is 210 g/mol. The Kier molecular flexibility index (Phi) is 8.44. The summed E-state index contributed by atoms with van der Waals surface area (Å²) in [5.74, 6) is 2.10. The SMILES string of the molecule is C#CCC(N)C(=O)NCCOCCC=C. The van der Waals surface area contributed by atoms with Gasteiger partial charge in [-0.15, -0.1) is 18.9 Å². The standard InChI is InChI=1S/C11H18N2O2/c1-3-5-8-15-9-7-13-11(14)10(12)6-4-2/h2-3,10H,1,5-9,12H2,(H,13,14). The van der Waals surface area contributed by atoms with Crippen LogP contribution in [0.15, 0.2) is 12.7 Å². The quantitative estimate of drug-likeness (QED) is 0.338. The molecule has 4 heteroatoms. The van der Waals surface area contributed by atoms with Crippen molar-refractivity contribution in [2.75, 3.05) is 19.8 Å². The Morgan fingerprint density at radius 3 is 3.00 bits per heavy atom. The second kappa shape index (κ2) is 9.25. The summed E-state index contributed by atoms with van der Waals surface area (Å²) >= 11 is 0. The Morgan fingerprint density at radius 1 is 1.67 bits per heavy atom. The number of nitrogens with one attached hydrogen (secondary N) is 1. The highest BCUT2D eigenvalue weighted by atomic mass is 16.5. The third-order valence-electron chi connectivity index (χ3n) is 1.69. The molecule has 0 aromatic heterocycles. The summed E-state index contributed by atoms with van der Waals surface area (Å²) in [6, 6.07) is -0.622. The molecule has 0 aliphatic rings. The molecule has 0 aromatic carbocycles. The Balaban J connectivity index is 3.39. The zero-order valence-corrected chi connectivity index (χ0v) is 8.87. The average Bonchev–Trinajstić information content (AvgIpc) is 2.23. The van der Waals surface area contributed by atoms with Crippen LogP contribution in [0.5, 0.6) is 0 Å². The summed E-state index contributed by atoms with van der Waals surface area (Å²) in [7, 11) is 0. The van der Waals surface area contributed by atoms with E-state index in [1.54, 1.807) is 6.08 Å². The molecule has 4 nitrogen and oxygen atoms in total. The van der Waals surface area contributed by atoms with Gasteiger partial charge in [0.2, 0.25) is 5.91 Å². The number of terminal acetylenes is 1. The van der Waals surface area contributed by atoms with E-state index in [0.29, 0.717) is 19.8 Å². The number of ether oxygens (including phenoxy) is 1. The van der Waals surface area contributed by atoms with Gasteiger partial charge in [-0.1, -0.05) is 6.08 Å². The molecule has 0 heterocycles. The lowest BCUT2D eigenvalue weighted by Crippen LogP contribution is -2.41. The predicted molar refractivity (Wildman–Crippen MR) is 60.1 cm³/mol. The molecule has 1 unspecified atom stereocenters. The highest BCUT2D eigenvalue weighted by Gasteiger charge is 2.10. The van der Waals surface area contributed by atoms with E-state index in [-0.39, 0.29) is 12.3 Å². The van der Waals surface area contributed by atoms with Crippen molar-refractivity contribution in [1.82, 2.24) is 5.32 Å². The highest BCUT2D eigenvalue weighted by molar-refractivity contribution is 5.81. The smallest absolute Gasteiger partial charge is 0.237 e. The Hall–Kier alpha value is -1.31. The van der Waals surface area contributed by atoms with Crippen LogP contribution in [0.3, 0.4) is 0 Å². The minimum atomic E-state index is -0.622. The number of rotatable bonds is 8. The zero-order valence-electron chi connectivity index (χ0n) is 8.87. The van der Waals surface area contributed by atoms with Crippen LogP contribution in [0.4, 0.5) is 0 Å². The molecule has 84 valence electrons. The van der Waals surface area contributed by atoms with Crippen LogP contribution in [-0.2, 0) is 9.53 Å². The van der Waals surface area contributed by atoms with Crippen LogP contribution < -0.4 is 11.1 Å². The van der Waals surface area contributed by atoms with Crippen molar-refractivity contribution >= 4 is 5.91 Å². The van der Waals surface area contributed by atoms with Crippen LogP contribution in [0.2, 0.25) is 0 Å². The largest absolute Gasteiger partial charge is 0.379 e. The second-order valence-electron chi connectivity index (χ2n) is 3.00. The van der Waals surface area contributed by atoms with E-state index in [1.807, 2.05) is 0 Å². The number of hydrogen-bond donors (Lipinski definition) is 2. The van der Waals surface area contributed by atoms with Gasteiger partial charge < -0.3 is 15.8 Å². The number of hydrogen-bond acceptors (Lipinski definition) is 3. The fraction of sp³-hybridized carbons (Fsp3) is 0.545. The van der Waals surface area contributed by atoms with Gasteiger partial charge in [-0.25, -0.2) is 0 Å². The van der Waals surface area contributed by atoms with Crippen LogP contribution in [0.25, 0.3) is 0 Å². The van der Waals surface area contributed by atoms with Gasteiger partial charge in [-0.05, 0) is 6.42 Å². The van der Waals surface area contributed by atoms with Crippen molar-refractivity contribution in [1.29, 1.82) is 0 Å². The summed E-state index contributed by atoms with van der Waals surface area (Å²) in [4.78, 5) is 11.2. The fourth-order valence-corrected chi connectivity index (χ4v) is 0.866. The molecule has 0 fully saturated rings. The maximum Gasteiger partial charge on any atom is 0.237 e. The predicted octanol–water partition coefficient (Wildman–Crippen LogP) is 0.0459. The van der Waals surface area contributed by atoms with Crippen molar-refractivity contribution in [3.63, 3.8) is 0 Å². The van der Waals surface area contributed by atoms with E-state index >= 15 is 0 Å². The van der Waals surface area contributed by atoms with Crippen molar-refractivity contribution < 1.29 is 9.53 Å². The average molecular weight is 210 g/mol. The van der Waals surface area contributed by atoms with Crippen LogP contribution in [0, 0.1) is 12.3 Å². The Bertz CT molecular complexity index is 233. The first-order valence-corrected chi connectivity index (χ1v) is 4.87. The first-order chi connectivity index (χ1) is 7.22. The lowest BCUT2D eigenvalue weighted by atomic mass is 10.2. The van der Waals surface area contributed by atoms with E-state index in [1.165, 1.54) is 0 Å². The van der Waals surface area contributed by atoms with Crippen molar-refractivity contribution in [3.8, 4) is 12.3 Å². The van der Waals surface area contributed by atoms with Crippen molar-refractivity contribution in [2.45, 2.75) is 18.9 Å². The summed E-state index contributed by atoms with van der Waals surface area (Å²) in [6.45, 7) is 5.11. The highest BCUT2D eigenvalue weighted by Crippen LogP contribution is 1.86. The molecular formula is C11H18N2O2. The molecule has 0 rings (SSSR count). The van der Waals surface area contributed by atoms with Crippen molar-refractivity contribution in [2.24, 2.45) is 5.73 Å². The van der Waals surface area contributed by atoms with Gasteiger partial charge in [0.05, 0.1) is 19.3 Å². The first-order valence-electron chi connectivity index (χ1n) is 4.87. The van der Waals surface area contributed by atoms with Gasteiger partial charge in [0.15, 0.2) is 0 Å². The van der Waals surface area contributed by atoms with Crippen LogP contribution in [0.1, 0.15) is 12.8 Å². The van der Waals surface area contributed by atoms with Crippen LogP contribution >= 0.6 is 0 Å². The normalized spacial score (nSPS) is 11.5. The fourth-order valence-electron chi connectivity index (χ4n) is 0.866. The lowest BCUT2D eigenvalue weighted by Gasteiger charge is -2.09. The first kappa shape index (κ1) is 13.7. The third-order valence-corrected chi connectivity index (χ3v) is 1.69. The summed E-state index contributed by atoms with van der Waals surface area (Å²) < 4.78 is 5.20. The van der Waals surface area contributed by atoms with Crippen LogP contribution in [-0.4, -0.2) is 31.7 Å². The minimum absolute atomic E-state index is 0.236. The lowest BCUT2D eigenvalue weighted by molar-refractivity contribution is -0.122. The summed E-state index contributed by atoms with van der Waals surface area (Å²) in [5.41, 5.74) is 5.48. The molecule has 0 aliphatic heterocycles. The molecule has 0 aromatic rings. The molecular weight excluding hydrogens is 192 g/mol. The van der Waals surface area contributed by atoms with E-state index in [4.69, 9.17) is 16.9 Å². The zero-order chi connectivity index (χ0) is 11.5. The van der Waals surface area contributed by atoms with E-state index < -0.39 is 6.04 Å². The number of amides is 1. The van der Waals surface area contributed by atoms with E-state index in [0.717, 1.165) is 6.42 Å². The molecule has 3 N–H and O–H groups in total. The molecule has 1 atom stereocenters. The van der Waals surface area contributed by atoms with Crippen molar-refractivity contribution in [3.05, 3.63) is 12.7 Å². The van der Waals surface area contributed by atoms with Gasteiger partial charge in [0.25, 0.3) is 0 Å². The van der Waals surface area contributed by atoms with Gasteiger partial charge in [0.1, 0.15) is 0 Å². The molecule has 0 radical (unpaired) electrons. The summed E-state index contributed by atoms with van der Waals surface area (Å²) in [6.07, 6.45) is 7.88. The minimum Gasteiger partial charge on any atom is -0.379 e. The number of nitrogens with two attached hydrogens (primary N) is 1. The number of carbonyl (C=O) groups excluding carboxylic acids is 1. The molecule has 0 spiro atoms. The molecule has 1 amide bonds. The molecule has 0 bridgehead atoms. The Morgan fingerprint density at radius 2 is 2.40 bits per heavy atom. The molecule has 0 saturated carbocycles. The molecule has 15 heavy (non-hydrogen) atoms. The van der Waals surface area contributed by atoms with E-state index in [2.05, 4.69) is 17.8 Å². The maximum absolute atomic E-state index is 11.2. The third kappa shape index (κ3) is 7.74. The molecule has 0 aliphatic carbocycles. The Labute approximate surface area is 90.9 Å². The molecule has 0 saturated heterocycles. The summed E-state index contributed by atoms with van der Waals surface area (Å²) in [5, 5.41) is 2.63. The van der Waals surface area contributed by atoms with Gasteiger partial charge in [-0.2, -0.15) is 0 Å². The van der Waals surface area contributed by atoms with Gasteiger partial charge >= 0.3 is 0 Å². The topological polar surface area (TPSA) is 64.4 Å². The van der Waals surface area contributed by atoms with E-state index in [9.17, 15) is 4.79 Å². The van der Waals surface area contributed by atoms with Gasteiger partial charge in [-0.3, -0.25) is 4.79 Å².